The summed E-state index contributed by atoms with van der Waals surface area (Å²) in [6.45, 7) is 2.08. The molecule has 3 N–H and O–H groups in total. The number of amides is 1. The molecule has 0 saturated carbocycles. The fourth-order valence-electron chi connectivity index (χ4n) is 1.93. The summed E-state index contributed by atoms with van der Waals surface area (Å²) in [6, 6.07) is 12.0. The smallest absolute Gasteiger partial charge is 0.244 e. The molecule has 5 nitrogen and oxygen atoms in total. The van der Waals surface area contributed by atoms with E-state index in [0.717, 1.165) is 12.0 Å². The molecule has 0 unspecified atom stereocenters. The number of hydrogen-bond donors (Lipinski definition) is 3. The number of hydrazone groups is 1. The Morgan fingerprint density at radius 3 is 2.45 bits per heavy atom. The van der Waals surface area contributed by atoms with Crippen molar-refractivity contribution in [2.75, 3.05) is 0 Å². The van der Waals surface area contributed by atoms with Gasteiger partial charge in [0.2, 0.25) is 5.91 Å². The molecule has 0 aliphatic carbocycles. The van der Waals surface area contributed by atoms with E-state index >= 15 is 0 Å². The van der Waals surface area contributed by atoms with Gasteiger partial charge in [-0.3, -0.25) is 4.79 Å². The molecule has 0 aliphatic rings. The summed E-state index contributed by atoms with van der Waals surface area (Å²) in [6.07, 6.45) is 2.53. The van der Waals surface area contributed by atoms with Crippen molar-refractivity contribution in [3.63, 3.8) is 0 Å². The Balaban J connectivity index is 1.90. The highest BCUT2D eigenvalue weighted by Crippen LogP contribution is 2.20. The highest BCUT2D eigenvalue weighted by Gasteiger charge is 2.03. The van der Waals surface area contributed by atoms with Crippen LogP contribution in [-0.2, 0) is 17.6 Å². The van der Waals surface area contributed by atoms with Crippen LogP contribution in [0.25, 0.3) is 0 Å². The number of carbonyl (C=O) groups excluding carboxylic acids is 1. The molecule has 22 heavy (non-hydrogen) atoms. The van der Waals surface area contributed by atoms with Gasteiger partial charge in [-0.2, -0.15) is 5.10 Å². The van der Waals surface area contributed by atoms with Gasteiger partial charge in [0, 0.05) is 11.6 Å². The maximum atomic E-state index is 11.8. The van der Waals surface area contributed by atoms with Gasteiger partial charge in [-0.25, -0.2) is 5.43 Å². The van der Waals surface area contributed by atoms with E-state index in [0.29, 0.717) is 5.56 Å². The molecular formula is C17H18N2O3. The van der Waals surface area contributed by atoms with Crippen molar-refractivity contribution in [3.05, 3.63) is 59.2 Å². The fraction of sp³-hybridized carbons (Fsp3) is 0.176. The zero-order valence-corrected chi connectivity index (χ0v) is 12.3. The second kappa shape index (κ2) is 7.26. The Labute approximate surface area is 128 Å². The predicted molar refractivity (Wildman–Crippen MR) is 85.0 cm³/mol. The minimum Gasteiger partial charge on any atom is -0.508 e. The Morgan fingerprint density at radius 2 is 1.82 bits per heavy atom. The molecule has 5 heteroatoms. The van der Waals surface area contributed by atoms with Crippen molar-refractivity contribution in [3.8, 4) is 11.5 Å². The molecule has 2 aromatic carbocycles. The van der Waals surface area contributed by atoms with Crippen LogP contribution in [-0.4, -0.2) is 22.3 Å². The van der Waals surface area contributed by atoms with Crippen molar-refractivity contribution >= 4 is 12.1 Å². The highest BCUT2D eigenvalue weighted by atomic mass is 16.3. The van der Waals surface area contributed by atoms with Crippen molar-refractivity contribution < 1.29 is 15.0 Å². The maximum absolute atomic E-state index is 11.8. The number of hydrogen-bond acceptors (Lipinski definition) is 4. The van der Waals surface area contributed by atoms with Gasteiger partial charge < -0.3 is 10.2 Å². The zero-order valence-electron chi connectivity index (χ0n) is 12.3. The minimum atomic E-state index is -0.237. The average Bonchev–Trinajstić information content (AvgIpc) is 2.50. The monoisotopic (exact) mass is 298 g/mol. The summed E-state index contributed by atoms with van der Waals surface area (Å²) in [7, 11) is 0. The first-order valence-electron chi connectivity index (χ1n) is 7.00. The first-order chi connectivity index (χ1) is 10.6. The summed E-state index contributed by atoms with van der Waals surface area (Å²) in [5, 5.41) is 22.6. The summed E-state index contributed by atoms with van der Waals surface area (Å²) in [5.41, 5.74) is 4.96. The lowest BCUT2D eigenvalue weighted by atomic mass is 10.1. The standard InChI is InChI=1S/C17H18N2O3/c1-2-12-3-5-13(6-4-12)9-17(22)19-18-11-14-7-8-15(20)10-16(14)21/h3-8,10-11,20-21H,2,9H2,1H3,(H,19,22)/b18-11+. The number of carbonyl (C=O) groups is 1. The van der Waals surface area contributed by atoms with Crippen LogP contribution in [0, 0.1) is 0 Å². The third-order valence-electron chi connectivity index (χ3n) is 3.20. The summed E-state index contributed by atoms with van der Waals surface area (Å²) in [4.78, 5) is 11.8. The normalized spacial score (nSPS) is 10.8. The van der Waals surface area contributed by atoms with E-state index < -0.39 is 0 Å². The van der Waals surface area contributed by atoms with E-state index in [2.05, 4.69) is 17.5 Å². The van der Waals surface area contributed by atoms with Crippen LogP contribution in [0.1, 0.15) is 23.6 Å². The lowest BCUT2D eigenvalue weighted by Gasteiger charge is -2.02. The molecule has 1 amide bonds. The van der Waals surface area contributed by atoms with E-state index in [1.54, 1.807) is 0 Å². The molecule has 114 valence electrons. The molecular weight excluding hydrogens is 280 g/mol. The number of benzene rings is 2. The van der Waals surface area contributed by atoms with Crippen LogP contribution in [0.15, 0.2) is 47.6 Å². The molecule has 0 bridgehead atoms. The van der Waals surface area contributed by atoms with Crippen molar-refractivity contribution in [1.82, 2.24) is 5.43 Å². The molecule has 0 heterocycles. The number of phenols is 2. The molecule has 2 rings (SSSR count). The first kappa shape index (κ1) is 15.6. The van der Waals surface area contributed by atoms with Crippen molar-refractivity contribution in [1.29, 1.82) is 0 Å². The van der Waals surface area contributed by atoms with Gasteiger partial charge in [-0.05, 0) is 29.7 Å². The van der Waals surface area contributed by atoms with Crippen LogP contribution in [0.3, 0.4) is 0 Å². The number of rotatable bonds is 5. The van der Waals surface area contributed by atoms with E-state index in [4.69, 9.17) is 0 Å². The quantitative estimate of drug-likeness (QED) is 0.585. The van der Waals surface area contributed by atoms with E-state index in [1.165, 1.54) is 30.0 Å². The number of nitrogens with zero attached hydrogens (tertiary/aromatic N) is 1. The van der Waals surface area contributed by atoms with Gasteiger partial charge in [-0.1, -0.05) is 31.2 Å². The van der Waals surface area contributed by atoms with E-state index in [-0.39, 0.29) is 23.8 Å². The van der Waals surface area contributed by atoms with Crippen LogP contribution < -0.4 is 5.43 Å². The zero-order chi connectivity index (χ0) is 15.9. The van der Waals surface area contributed by atoms with E-state index in [1.807, 2.05) is 24.3 Å². The maximum Gasteiger partial charge on any atom is 0.244 e. The van der Waals surface area contributed by atoms with Crippen LogP contribution >= 0.6 is 0 Å². The topological polar surface area (TPSA) is 81.9 Å². The SMILES string of the molecule is CCc1ccc(CC(=O)N/N=C/c2ccc(O)cc2O)cc1. The Kier molecular flexibility index (Phi) is 5.14. The third-order valence-corrected chi connectivity index (χ3v) is 3.20. The number of aromatic hydroxyl groups is 2. The van der Waals surface area contributed by atoms with Gasteiger partial charge in [0.25, 0.3) is 0 Å². The molecule has 0 aromatic heterocycles. The Hall–Kier alpha value is -2.82. The van der Waals surface area contributed by atoms with Crippen LogP contribution in [0.4, 0.5) is 0 Å². The molecule has 0 radical (unpaired) electrons. The summed E-state index contributed by atoms with van der Waals surface area (Å²) in [5.74, 6) is -0.374. The van der Waals surface area contributed by atoms with Crippen LogP contribution in [0.5, 0.6) is 11.5 Å². The van der Waals surface area contributed by atoms with Gasteiger partial charge in [0.15, 0.2) is 0 Å². The Bertz CT molecular complexity index is 679. The van der Waals surface area contributed by atoms with Gasteiger partial charge in [0.1, 0.15) is 11.5 Å². The Morgan fingerprint density at radius 1 is 1.14 bits per heavy atom. The number of aryl methyl sites for hydroxylation is 1. The average molecular weight is 298 g/mol. The first-order valence-corrected chi connectivity index (χ1v) is 7.00. The fourth-order valence-corrected chi connectivity index (χ4v) is 1.93. The van der Waals surface area contributed by atoms with Gasteiger partial charge in [0.05, 0.1) is 12.6 Å². The third kappa shape index (κ3) is 4.34. The van der Waals surface area contributed by atoms with Gasteiger partial charge >= 0.3 is 0 Å². The molecule has 0 saturated heterocycles. The van der Waals surface area contributed by atoms with Crippen LogP contribution in [0.2, 0.25) is 0 Å². The molecule has 0 spiro atoms. The second-order valence-corrected chi connectivity index (χ2v) is 4.88. The molecule has 0 fully saturated rings. The van der Waals surface area contributed by atoms with Gasteiger partial charge in [-0.15, -0.1) is 0 Å². The largest absolute Gasteiger partial charge is 0.508 e. The lowest BCUT2D eigenvalue weighted by Crippen LogP contribution is -2.19. The summed E-state index contributed by atoms with van der Waals surface area (Å²) < 4.78 is 0. The minimum absolute atomic E-state index is 0.0331. The summed E-state index contributed by atoms with van der Waals surface area (Å²) >= 11 is 0. The molecule has 2 aromatic rings. The predicted octanol–water partition coefficient (Wildman–Crippen LogP) is 2.35. The highest BCUT2D eigenvalue weighted by molar-refractivity contribution is 5.85. The number of phenolic OH excluding ortho intramolecular Hbond substituents is 2. The lowest BCUT2D eigenvalue weighted by molar-refractivity contribution is -0.120. The number of nitrogens with one attached hydrogen (secondary N) is 1. The second-order valence-electron chi connectivity index (χ2n) is 4.88. The van der Waals surface area contributed by atoms with E-state index in [9.17, 15) is 15.0 Å². The molecule has 0 aliphatic heterocycles. The van der Waals surface area contributed by atoms with Crippen molar-refractivity contribution in [2.45, 2.75) is 19.8 Å². The van der Waals surface area contributed by atoms with Crippen molar-refractivity contribution in [2.24, 2.45) is 5.10 Å². The molecule has 0 atom stereocenters.